The number of imidazole rings is 1. The molecule has 3 aromatic rings. The Kier molecular flexibility index (Phi) is 2.37. The van der Waals surface area contributed by atoms with Crippen molar-refractivity contribution in [2.75, 3.05) is 0 Å². The molecule has 0 aliphatic heterocycles. The summed E-state index contributed by atoms with van der Waals surface area (Å²) in [7, 11) is 0. The van der Waals surface area contributed by atoms with Crippen LogP contribution in [0.1, 0.15) is 5.56 Å². The van der Waals surface area contributed by atoms with Crippen LogP contribution in [0.4, 0.5) is 5.82 Å². The zero-order valence-corrected chi connectivity index (χ0v) is 9.74. The molecule has 0 bridgehead atoms. The number of nitrogens with zero attached hydrogens (tertiary/aromatic N) is 4. The summed E-state index contributed by atoms with van der Waals surface area (Å²) in [5.41, 5.74) is 2.88. The lowest BCUT2D eigenvalue weighted by atomic mass is 10.3. The van der Waals surface area contributed by atoms with Gasteiger partial charge in [-0.2, -0.15) is 0 Å². The Morgan fingerprint density at radius 1 is 1.22 bits per heavy atom. The lowest BCUT2D eigenvalue weighted by molar-refractivity contribution is 1.14. The van der Waals surface area contributed by atoms with Crippen LogP contribution >= 0.6 is 0 Å². The second-order valence-corrected chi connectivity index (χ2v) is 3.98. The minimum Gasteiger partial charge on any atom is -0.281 e. The van der Waals surface area contributed by atoms with E-state index in [2.05, 4.69) is 15.1 Å². The summed E-state index contributed by atoms with van der Waals surface area (Å²) < 4.78 is 1.69. The van der Waals surface area contributed by atoms with Gasteiger partial charge in [0, 0.05) is 12.4 Å². The monoisotopic (exact) mass is 238 g/mol. The first-order chi connectivity index (χ1) is 8.81. The molecule has 0 saturated heterocycles. The van der Waals surface area contributed by atoms with Crippen LogP contribution in [-0.4, -0.2) is 14.4 Å². The first-order valence-electron chi connectivity index (χ1n) is 5.53. The number of hydrogen-bond acceptors (Lipinski definition) is 4. The molecule has 0 N–H and O–H groups in total. The van der Waals surface area contributed by atoms with E-state index >= 15 is 0 Å². The van der Waals surface area contributed by atoms with E-state index in [1.54, 1.807) is 16.8 Å². The van der Waals surface area contributed by atoms with E-state index in [1.165, 1.54) is 0 Å². The van der Waals surface area contributed by atoms with Crippen molar-refractivity contribution >= 4 is 11.5 Å². The normalized spacial score (nSPS) is 10.7. The fraction of sp³-hybridized carbons (Fsp3) is 0.0769. The van der Waals surface area contributed by atoms with Gasteiger partial charge in [-0.15, -0.1) is 4.91 Å². The van der Waals surface area contributed by atoms with Crippen LogP contribution in [0.2, 0.25) is 0 Å². The molecule has 0 aromatic carbocycles. The van der Waals surface area contributed by atoms with Gasteiger partial charge in [-0.1, -0.05) is 12.1 Å². The molecule has 0 amide bonds. The molecule has 5 heteroatoms. The minimum absolute atomic E-state index is 0.285. The fourth-order valence-electron chi connectivity index (χ4n) is 1.95. The smallest absolute Gasteiger partial charge is 0.211 e. The van der Waals surface area contributed by atoms with Crippen molar-refractivity contribution in [3.8, 4) is 11.4 Å². The number of fused-ring (bicyclic) bond motifs is 1. The third-order valence-corrected chi connectivity index (χ3v) is 2.81. The molecule has 5 nitrogen and oxygen atoms in total. The number of pyridine rings is 2. The first-order valence-corrected chi connectivity index (χ1v) is 5.53. The van der Waals surface area contributed by atoms with Crippen LogP contribution in [0.3, 0.4) is 0 Å². The SMILES string of the molecule is Cc1cccn2c(N=O)c(-c3ccccn3)nc12. The minimum atomic E-state index is 0.285. The summed E-state index contributed by atoms with van der Waals surface area (Å²) >= 11 is 0. The number of aryl methyl sites for hydroxylation is 1. The van der Waals surface area contributed by atoms with Crippen molar-refractivity contribution in [3.63, 3.8) is 0 Å². The highest BCUT2D eigenvalue weighted by Gasteiger charge is 2.16. The molecule has 3 aromatic heterocycles. The van der Waals surface area contributed by atoms with Gasteiger partial charge in [-0.3, -0.25) is 9.38 Å². The summed E-state index contributed by atoms with van der Waals surface area (Å²) in [4.78, 5) is 19.7. The van der Waals surface area contributed by atoms with Gasteiger partial charge in [-0.25, -0.2) is 4.98 Å². The van der Waals surface area contributed by atoms with E-state index in [0.717, 1.165) is 11.2 Å². The standard InChI is InChI=1S/C13H10N4O/c1-9-5-4-8-17-12(9)15-11(13(17)16-18)10-6-2-3-7-14-10/h2-8H,1H3. The summed E-state index contributed by atoms with van der Waals surface area (Å²) in [6.07, 6.45) is 3.44. The van der Waals surface area contributed by atoms with Crippen molar-refractivity contribution in [2.45, 2.75) is 6.92 Å². The van der Waals surface area contributed by atoms with Crippen LogP contribution in [0, 0.1) is 11.8 Å². The summed E-state index contributed by atoms with van der Waals surface area (Å²) in [5.74, 6) is 0.285. The van der Waals surface area contributed by atoms with Gasteiger partial charge in [0.25, 0.3) is 0 Å². The number of aromatic nitrogens is 3. The Labute approximate surface area is 103 Å². The number of nitroso groups, excluding NO2 is 1. The fourth-order valence-corrected chi connectivity index (χ4v) is 1.95. The van der Waals surface area contributed by atoms with E-state index in [9.17, 15) is 4.91 Å². The molecule has 0 aliphatic carbocycles. The van der Waals surface area contributed by atoms with Gasteiger partial charge >= 0.3 is 0 Å². The Morgan fingerprint density at radius 2 is 2.11 bits per heavy atom. The maximum Gasteiger partial charge on any atom is 0.211 e. The average molecular weight is 238 g/mol. The molecule has 0 spiro atoms. The Morgan fingerprint density at radius 3 is 2.83 bits per heavy atom. The predicted molar refractivity (Wildman–Crippen MR) is 68.6 cm³/mol. The highest BCUT2D eigenvalue weighted by atomic mass is 16.3. The molecule has 18 heavy (non-hydrogen) atoms. The second kappa shape index (κ2) is 4.03. The molecule has 0 unspecified atom stereocenters. The molecule has 88 valence electrons. The topological polar surface area (TPSA) is 59.6 Å². The van der Waals surface area contributed by atoms with E-state index in [1.807, 2.05) is 37.3 Å². The van der Waals surface area contributed by atoms with Crippen molar-refractivity contribution in [3.05, 3.63) is 53.2 Å². The second-order valence-electron chi connectivity index (χ2n) is 3.98. The van der Waals surface area contributed by atoms with Gasteiger partial charge in [0.15, 0.2) is 0 Å². The van der Waals surface area contributed by atoms with Crippen molar-refractivity contribution in [1.29, 1.82) is 0 Å². The summed E-state index contributed by atoms with van der Waals surface area (Å²) in [6, 6.07) is 9.29. The van der Waals surface area contributed by atoms with E-state index in [4.69, 9.17) is 0 Å². The molecule has 0 fully saturated rings. The molecular formula is C13H10N4O. The number of rotatable bonds is 2. The lowest BCUT2D eigenvalue weighted by Gasteiger charge is -1.96. The Hall–Kier alpha value is -2.56. The van der Waals surface area contributed by atoms with Gasteiger partial charge < -0.3 is 0 Å². The van der Waals surface area contributed by atoms with Crippen LogP contribution in [0.15, 0.2) is 47.9 Å². The molecule has 0 aliphatic rings. The van der Waals surface area contributed by atoms with Crippen LogP contribution < -0.4 is 0 Å². The van der Waals surface area contributed by atoms with Gasteiger partial charge in [0.1, 0.15) is 11.3 Å². The average Bonchev–Trinajstić information content (AvgIpc) is 2.80. The van der Waals surface area contributed by atoms with Crippen molar-refractivity contribution < 1.29 is 0 Å². The highest BCUT2D eigenvalue weighted by Crippen LogP contribution is 2.30. The first kappa shape index (κ1) is 10.6. The summed E-state index contributed by atoms with van der Waals surface area (Å²) in [5, 5.41) is 3.09. The Bertz CT molecular complexity index is 718. The molecule has 0 saturated carbocycles. The largest absolute Gasteiger partial charge is 0.281 e. The van der Waals surface area contributed by atoms with Gasteiger partial charge in [-0.05, 0) is 35.9 Å². The lowest BCUT2D eigenvalue weighted by Crippen LogP contribution is -1.85. The third kappa shape index (κ3) is 1.48. The van der Waals surface area contributed by atoms with Crippen molar-refractivity contribution in [2.24, 2.45) is 5.18 Å². The predicted octanol–water partition coefficient (Wildman–Crippen LogP) is 3.10. The zero-order valence-electron chi connectivity index (χ0n) is 9.74. The third-order valence-electron chi connectivity index (χ3n) is 2.81. The molecule has 0 atom stereocenters. The van der Waals surface area contributed by atoms with Crippen LogP contribution in [0.5, 0.6) is 0 Å². The molecule has 0 radical (unpaired) electrons. The van der Waals surface area contributed by atoms with E-state index in [-0.39, 0.29) is 5.82 Å². The summed E-state index contributed by atoms with van der Waals surface area (Å²) in [6.45, 7) is 1.94. The van der Waals surface area contributed by atoms with Gasteiger partial charge in [0.2, 0.25) is 5.82 Å². The quantitative estimate of drug-likeness (QED) is 0.644. The molecule has 3 heterocycles. The van der Waals surface area contributed by atoms with Crippen LogP contribution in [-0.2, 0) is 0 Å². The highest BCUT2D eigenvalue weighted by molar-refractivity contribution is 5.73. The van der Waals surface area contributed by atoms with Crippen LogP contribution in [0.25, 0.3) is 17.0 Å². The molecule has 3 rings (SSSR count). The maximum absolute atomic E-state index is 11.0. The number of hydrogen-bond donors (Lipinski definition) is 0. The zero-order chi connectivity index (χ0) is 12.5. The van der Waals surface area contributed by atoms with Gasteiger partial charge in [0.05, 0.1) is 5.69 Å². The maximum atomic E-state index is 11.0. The van der Waals surface area contributed by atoms with E-state index in [0.29, 0.717) is 11.4 Å². The Balaban J connectivity index is 2.37. The molecular weight excluding hydrogens is 228 g/mol. The van der Waals surface area contributed by atoms with Crippen molar-refractivity contribution in [1.82, 2.24) is 14.4 Å². The van der Waals surface area contributed by atoms with E-state index < -0.39 is 0 Å².